The normalized spacial score (nSPS) is 11.1. The summed E-state index contributed by atoms with van der Waals surface area (Å²) in [5, 5.41) is 5.09. The van der Waals surface area contributed by atoms with Crippen LogP contribution in [0.3, 0.4) is 0 Å². The molecule has 6 heteroatoms. The lowest BCUT2D eigenvalue weighted by Crippen LogP contribution is -2.17. The minimum Gasteiger partial charge on any atom is -0.465 e. The number of aromatic nitrogens is 1. The Kier molecular flexibility index (Phi) is 5.89. The first kappa shape index (κ1) is 19.4. The van der Waals surface area contributed by atoms with Gasteiger partial charge in [0.2, 0.25) is 0 Å². The number of nitrogens with zero attached hydrogens (tertiary/aromatic N) is 2. The monoisotopic (exact) mass is 377 g/mol. The molecule has 0 spiro atoms. The second-order valence-electron chi connectivity index (χ2n) is 6.48. The van der Waals surface area contributed by atoms with Crippen molar-refractivity contribution in [1.29, 1.82) is 0 Å². The largest absolute Gasteiger partial charge is 0.465 e. The second-order valence-corrected chi connectivity index (χ2v) is 6.48. The van der Waals surface area contributed by atoms with Crippen LogP contribution in [0.25, 0.3) is 10.9 Å². The van der Waals surface area contributed by atoms with Gasteiger partial charge in [0.05, 0.1) is 12.8 Å². The van der Waals surface area contributed by atoms with Crippen molar-refractivity contribution in [3.05, 3.63) is 70.9 Å². The van der Waals surface area contributed by atoms with E-state index >= 15 is 0 Å². The Morgan fingerprint density at radius 3 is 2.68 bits per heavy atom. The minimum absolute atomic E-state index is 0.129. The third kappa shape index (κ3) is 4.11. The summed E-state index contributed by atoms with van der Waals surface area (Å²) in [4.78, 5) is 24.2. The van der Waals surface area contributed by atoms with E-state index < -0.39 is 0 Å². The van der Waals surface area contributed by atoms with Gasteiger partial charge in [-0.2, -0.15) is 5.10 Å². The number of fused-ring (bicyclic) bond motifs is 1. The van der Waals surface area contributed by atoms with Crippen molar-refractivity contribution in [3.63, 3.8) is 0 Å². The topological polar surface area (TPSA) is 72.7 Å². The lowest BCUT2D eigenvalue weighted by atomic mass is 10.1. The lowest BCUT2D eigenvalue weighted by Gasteiger charge is -2.07. The van der Waals surface area contributed by atoms with Gasteiger partial charge in [-0.3, -0.25) is 9.59 Å². The molecule has 0 aliphatic carbocycles. The van der Waals surface area contributed by atoms with Crippen molar-refractivity contribution in [2.45, 2.75) is 27.3 Å². The Bertz CT molecular complexity index is 1050. The number of hydrogen-bond donors (Lipinski definition) is 1. The summed E-state index contributed by atoms with van der Waals surface area (Å²) < 4.78 is 6.98. The number of benzene rings is 2. The third-order valence-corrected chi connectivity index (χ3v) is 4.51. The van der Waals surface area contributed by atoms with E-state index in [1.807, 2.05) is 54.8 Å². The number of carbonyl (C=O) groups is 2. The zero-order valence-corrected chi connectivity index (χ0v) is 16.2. The molecule has 0 aliphatic rings. The van der Waals surface area contributed by atoms with Gasteiger partial charge in [0.25, 0.3) is 5.91 Å². The third-order valence-electron chi connectivity index (χ3n) is 4.51. The summed E-state index contributed by atoms with van der Waals surface area (Å²) in [6.45, 7) is 6.11. The van der Waals surface area contributed by atoms with E-state index in [9.17, 15) is 9.59 Å². The number of nitrogens with one attached hydrogen (secondary N) is 1. The van der Waals surface area contributed by atoms with Gasteiger partial charge in [-0.15, -0.1) is 0 Å². The van der Waals surface area contributed by atoms with E-state index in [0.717, 1.165) is 27.7 Å². The number of amides is 1. The van der Waals surface area contributed by atoms with Crippen molar-refractivity contribution < 1.29 is 14.3 Å². The molecule has 2 aromatic carbocycles. The molecule has 0 atom stereocenters. The number of ether oxygens (including phenoxy) is 1. The van der Waals surface area contributed by atoms with E-state index in [-0.39, 0.29) is 18.4 Å². The van der Waals surface area contributed by atoms with E-state index in [4.69, 9.17) is 4.74 Å². The maximum absolute atomic E-state index is 12.3. The van der Waals surface area contributed by atoms with E-state index in [1.165, 1.54) is 0 Å². The number of para-hydroxylation sites is 1. The highest BCUT2D eigenvalue weighted by molar-refractivity contribution is 6.02. The Labute approximate surface area is 163 Å². The molecule has 0 unspecified atom stereocenters. The molecule has 6 nitrogen and oxygen atoms in total. The van der Waals surface area contributed by atoms with Crippen LogP contribution in [0.1, 0.15) is 34.1 Å². The van der Waals surface area contributed by atoms with Crippen molar-refractivity contribution in [2.24, 2.45) is 5.10 Å². The average Bonchev–Trinajstić information content (AvgIpc) is 2.94. The first-order valence-corrected chi connectivity index (χ1v) is 9.14. The molecule has 3 aromatic rings. The Morgan fingerprint density at radius 1 is 1.14 bits per heavy atom. The van der Waals surface area contributed by atoms with Crippen molar-refractivity contribution in [1.82, 2.24) is 9.99 Å². The molecule has 144 valence electrons. The van der Waals surface area contributed by atoms with Crippen molar-refractivity contribution in [3.8, 4) is 0 Å². The quantitative estimate of drug-likeness (QED) is 0.405. The molecular weight excluding hydrogens is 354 g/mol. The van der Waals surface area contributed by atoms with Gasteiger partial charge >= 0.3 is 5.97 Å². The molecule has 0 aliphatic heterocycles. The van der Waals surface area contributed by atoms with Gasteiger partial charge in [-0.05, 0) is 39.0 Å². The molecule has 0 saturated heterocycles. The van der Waals surface area contributed by atoms with E-state index in [1.54, 1.807) is 25.3 Å². The molecule has 0 fully saturated rings. The number of hydrazone groups is 1. The van der Waals surface area contributed by atoms with Crippen LogP contribution in [0.2, 0.25) is 0 Å². The van der Waals surface area contributed by atoms with Crippen LogP contribution in [0.5, 0.6) is 0 Å². The highest BCUT2D eigenvalue weighted by Crippen LogP contribution is 2.24. The van der Waals surface area contributed by atoms with E-state index in [2.05, 4.69) is 10.5 Å². The summed E-state index contributed by atoms with van der Waals surface area (Å²) in [5.74, 6) is -0.560. The predicted octanol–water partition coefficient (Wildman–Crippen LogP) is 3.59. The summed E-state index contributed by atoms with van der Waals surface area (Å²) in [7, 11) is 0. The Morgan fingerprint density at radius 2 is 1.93 bits per heavy atom. The van der Waals surface area contributed by atoms with Gasteiger partial charge in [0.1, 0.15) is 6.54 Å². The van der Waals surface area contributed by atoms with Crippen LogP contribution in [-0.4, -0.2) is 29.3 Å². The number of aryl methyl sites for hydroxylation is 1. The van der Waals surface area contributed by atoms with Crippen LogP contribution in [0.15, 0.2) is 53.6 Å². The zero-order valence-electron chi connectivity index (χ0n) is 16.2. The van der Waals surface area contributed by atoms with Crippen molar-refractivity contribution >= 4 is 29.0 Å². The molecule has 1 N–H and O–H groups in total. The van der Waals surface area contributed by atoms with Gasteiger partial charge in [-0.1, -0.05) is 35.9 Å². The smallest absolute Gasteiger partial charge is 0.325 e. The number of rotatable bonds is 6. The fourth-order valence-electron chi connectivity index (χ4n) is 3.17. The van der Waals surface area contributed by atoms with Crippen molar-refractivity contribution in [2.75, 3.05) is 6.61 Å². The molecule has 3 rings (SSSR count). The maximum atomic E-state index is 12.3. The fraction of sp³-hybridized carbons (Fsp3) is 0.227. The van der Waals surface area contributed by atoms with Gasteiger partial charge in [0, 0.05) is 27.7 Å². The standard InChI is InChI=1S/C22H23N3O3/c1-4-28-21(26)14-25-16(3)19(18-10-5-6-11-20(18)25)13-23-24-22(27)17-9-7-8-15(2)12-17/h5-13H,4,14H2,1-3H3,(H,24,27)/b23-13-. The van der Waals surface area contributed by atoms with Gasteiger partial charge in [-0.25, -0.2) is 5.43 Å². The average molecular weight is 377 g/mol. The number of esters is 1. The van der Waals surface area contributed by atoms with Crippen LogP contribution in [0.4, 0.5) is 0 Å². The van der Waals surface area contributed by atoms with Crippen LogP contribution in [-0.2, 0) is 16.1 Å². The Hall–Kier alpha value is -3.41. The first-order valence-electron chi connectivity index (χ1n) is 9.14. The summed E-state index contributed by atoms with van der Waals surface area (Å²) >= 11 is 0. The van der Waals surface area contributed by atoms with Gasteiger partial charge in [0.15, 0.2) is 0 Å². The minimum atomic E-state index is -0.289. The molecule has 28 heavy (non-hydrogen) atoms. The summed E-state index contributed by atoms with van der Waals surface area (Å²) in [6, 6.07) is 15.1. The molecule has 1 heterocycles. The fourth-order valence-corrected chi connectivity index (χ4v) is 3.17. The Balaban J connectivity index is 1.86. The molecule has 0 saturated carbocycles. The van der Waals surface area contributed by atoms with Crippen LogP contribution < -0.4 is 5.43 Å². The molecule has 1 aromatic heterocycles. The number of hydrogen-bond acceptors (Lipinski definition) is 4. The molecule has 0 radical (unpaired) electrons. The highest BCUT2D eigenvalue weighted by Gasteiger charge is 2.15. The SMILES string of the molecule is CCOC(=O)Cn1c(C)c(/C=N\NC(=O)c2cccc(C)c2)c2ccccc21. The van der Waals surface area contributed by atoms with Crippen LogP contribution >= 0.6 is 0 Å². The molecule has 0 bridgehead atoms. The first-order chi connectivity index (χ1) is 13.5. The summed E-state index contributed by atoms with van der Waals surface area (Å²) in [6.07, 6.45) is 1.62. The second kappa shape index (κ2) is 8.52. The summed E-state index contributed by atoms with van der Waals surface area (Å²) in [5.41, 5.74) is 6.77. The maximum Gasteiger partial charge on any atom is 0.325 e. The molecule has 1 amide bonds. The van der Waals surface area contributed by atoms with Gasteiger partial charge < -0.3 is 9.30 Å². The zero-order chi connectivity index (χ0) is 20.1. The predicted molar refractivity (Wildman–Crippen MR) is 110 cm³/mol. The highest BCUT2D eigenvalue weighted by atomic mass is 16.5. The van der Waals surface area contributed by atoms with E-state index in [0.29, 0.717) is 12.2 Å². The van der Waals surface area contributed by atoms with Crippen LogP contribution in [0, 0.1) is 13.8 Å². The number of carbonyl (C=O) groups excluding carboxylic acids is 2. The molecular formula is C22H23N3O3. The lowest BCUT2D eigenvalue weighted by molar-refractivity contribution is -0.143.